The topological polar surface area (TPSA) is 99.4 Å². The molecule has 11 heteroatoms. The summed E-state index contributed by atoms with van der Waals surface area (Å²) in [5.74, 6) is -1.70. The number of halogens is 2. The van der Waals surface area contributed by atoms with Gasteiger partial charge in [-0.2, -0.15) is 0 Å². The van der Waals surface area contributed by atoms with Crippen molar-refractivity contribution in [3.63, 3.8) is 0 Å². The van der Waals surface area contributed by atoms with Gasteiger partial charge in [0, 0.05) is 66.7 Å². The van der Waals surface area contributed by atoms with E-state index < -0.39 is 29.0 Å². The fourth-order valence-corrected chi connectivity index (χ4v) is 7.22. The molecule has 254 valence electrons. The predicted molar refractivity (Wildman–Crippen MR) is 185 cm³/mol. The zero-order valence-electron chi connectivity index (χ0n) is 28.0. The molecule has 1 amide bonds. The van der Waals surface area contributed by atoms with E-state index in [-0.39, 0.29) is 5.56 Å². The Balaban J connectivity index is 1.13. The molecule has 7 rings (SSSR count). The van der Waals surface area contributed by atoms with Gasteiger partial charge in [-0.05, 0) is 63.3 Å². The number of aryl methyl sites for hydroxylation is 3. The number of imidazole rings is 1. The smallest absolute Gasteiger partial charge is 0.248 e. The normalized spacial score (nSPS) is 17.6. The van der Waals surface area contributed by atoms with Crippen molar-refractivity contribution < 1.29 is 27.8 Å². The second-order valence-corrected chi connectivity index (χ2v) is 12.9. The van der Waals surface area contributed by atoms with E-state index >= 15 is 8.78 Å². The van der Waals surface area contributed by atoms with Crippen LogP contribution in [0.4, 0.5) is 14.5 Å². The summed E-state index contributed by atoms with van der Waals surface area (Å²) >= 11 is 0. The number of ketones is 1. The van der Waals surface area contributed by atoms with Crippen LogP contribution in [0.5, 0.6) is 5.75 Å². The highest BCUT2D eigenvalue weighted by atomic mass is 19.1. The number of benzene rings is 3. The third-order valence-corrected chi connectivity index (χ3v) is 9.90. The molecule has 2 N–H and O–H groups in total. The molecule has 2 aromatic heterocycles. The average Bonchev–Trinajstić information content (AvgIpc) is 3.59. The minimum absolute atomic E-state index is 0.159. The second kappa shape index (κ2) is 13.2. The van der Waals surface area contributed by atoms with Crippen LogP contribution in [0.2, 0.25) is 0 Å². The Morgan fingerprint density at radius 1 is 1.10 bits per heavy atom. The minimum Gasteiger partial charge on any atom is -0.489 e. The number of fused-ring (bicyclic) bond motifs is 4. The first-order valence-electron chi connectivity index (χ1n) is 16.6. The number of methoxy groups -OCH3 is 1. The number of nitrogens with zero attached hydrogens (tertiary/aromatic N) is 3. The van der Waals surface area contributed by atoms with E-state index in [2.05, 4.69) is 16.7 Å². The maximum Gasteiger partial charge on any atom is 0.248 e. The first-order valence-corrected chi connectivity index (χ1v) is 16.6. The molecule has 49 heavy (non-hydrogen) atoms. The zero-order valence-corrected chi connectivity index (χ0v) is 28.0. The van der Waals surface area contributed by atoms with Crippen molar-refractivity contribution in [2.45, 2.75) is 58.2 Å². The van der Waals surface area contributed by atoms with E-state index in [4.69, 9.17) is 14.5 Å². The van der Waals surface area contributed by atoms with Gasteiger partial charge in [-0.3, -0.25) is 9.59 Å². The fraction of sp³-hybridized carbons (Fsp3) is 0.342. The third-order valence-electron chi connectivity index (χ3n) is 9.90. The summed E-state index contributed by atoms with van der Waals surface area (Å²) in [7, 11) is 3.70. The van der Waals surface area contributed by atoms with Gasteiger partial charge < -0.3 is 29.2 Å². The van der Waals surface area contributed by atoms with Crippen LogP contribution in [0.25, 0.3) is 33.1 Å². The van der Waals surface area contributed by atoms with E-state index in [0.29, 0.717) is 48.5 Å². The lowest BCUT2D eigenvalue weighted by Crippen LogP contribution is -2.35. The van der Waals surface area contributed by atoms with Crippen LogP contribution in [0.3, 0.4) is 0 Å². The number of hydrogen-bond acceptors (Lipinski definition) is 6. The maximum absolute atomic E-state index is 15.3. The van der Waals surface area contributed by atoms with Crippen LogP contribution in [-0.2, 0) is 23.1 Å². The molecule has 0 unspecified atom stereocenters. The molecule has 0 saturated heterocycles. The largest absolute Gasteiger partial charge is 0.489 e. The summed E-state index contributed by atoms with van der Waals surface area (Å²) < 4.78 is 46.3. The average molecular weight is 668 g/mol. The number of rotatable bonds is 8. The molecule has 0 radical (unpaired) electrons. The van der Waals surface area contributed by atoms with Crippen LogP contribution in [0.15, 0.2) is 54.7 Å². The van der Waals surface area contributed by atoms with Crippen LogP contribution in [0.1, 0.15) is 53.0 Å². The molecule has 1 fully saturated rings. The molecular weight excluding hydrogens is 628 g/mol. The van der Waals surface area contributed by atoms with Gasteiger partial charge in [0.15, 0.2) is 11.5 Å². The van der Waals surface area contributed by atoms with Gasteiger partial charge in [-0.1, -0.05) is 24.3 Å². The summed E-state index contributed by atoms with van der Waals surface area (Å²) in [4.78, 5) is 31.2. The van der Waals surface area contributed by atoms with Crippen LogP contribution in [-0.4, -0.2) is 58.2 Å². The Morgan fingerprint density at radius 2 is 1.86 bits per heavy atom. The van der Waals surface area contributed by atoms with Crippen LogP contribution < -0.4 is 15.4 Å². The molecule has 2 aliphatic rings. The number of hydrogen-bond donors (Lipinski definition) is 2. The van der Waals surface area contributed by atoms with Gasteiger partial charge in [0.25, 0.3) is 0 Å². The number of ether oxygens (including phenoxy) is 2. The number of para-hydroxylation sites is 1. The highest BCUT2D eigenvalue weighted by Gasteiger charge is 2.27. The van der Waals surface area contributed by atoms with Crippen molar-refractivity contribution in [2.75, 3.05) is 25.6 Å². The number of aromatic nitrogens is 3. The number of amides is 1. The van der Waals surface area contributed by atoms with E-state index in [1.807, 2.05) is 48.2 Å². The quantitative estimate of drug-likeness (QED) is 0.140. The summed E-state index contributed by atoms with van der Waals surface area (Å²) in [5, 5.41) is 6.32. The number of anilines is 1. The minimum atomic E-state index is -1.03. The maximum atomic E-state index is 15.3. The number of carbonyl (C=O) groups excluding carboxylic acids is 2. The summed E-state index contributed by atoms with van der Waals surface area (Å²) in [6, 6.07) is 10.1. The lowest BCUT2D eigenvalue weighted by atomic mass is 9.93. The Hall–Kier alpha value is -4.87. The monoisotopic (exact) mass is 667 g/mol. The predicted octanol–water partition coefficient (Wildman–Crippen LogP) is 6.76. The third kappa shape index (κ3) is 6.02. The number of nitrogens with one attached hydrogen (secondary N) is 2. The first-order chi connectivity index (χ1) is 23.6. The molecule has 1 aliphatic heterocycles. The van der Waals surface area contributed by atoms with Crippen molar-refractivity contribution in [3.05, 3.63) is 88.9 Å². The SMILES string of the molecule is COC1CCC(NC/C=C/C(=O)Nc2c(F)cc(C(=O)c3cn4c5c(cccc35)-c3c(C)cc5c(nc(C)n5C)c3OCC4)cc2F)CC1. The molecule has 3 aromatic carbocycles. The van der Waals surface area contributed by atoms with Crippen molar-refractivity contribution in [2.24, 2.45) is 7.05 Å². The summed E-state index contributed by atoms with van der Waals surface area (Å²) in [6.07, 6.45) is 8.82. The molecule has 5 aromatic rings. The molecule has 0 atom stereocenters. The molecule has 1 saturated carbocycles. The van der Waals surface area contributed by atoms with Crippen molar-refractivity contribution in [1.29, 1.82) is 0 Å². The lowest BCUT2D eigenvalue weighted by molar-refractivity contribution is -0.112. The van der Waals surface area contributed by atoms with E-state index in [1.165, 1.54) is 6.08 Å². The molecule has 9 nitrogen and oxygen atoms in total. The fourth-order valence-electron chi connectivity index (χ4n) is 7.22. The Morgan fingerprint density at radius 3 is 2.59 bits per heavy atom. The molecular formula is C38H39F2N5O4. The van der Waals surface area contributed by atoms with Crippen LogP contribution >= 0.6 is 0 Å². The standard InChI is InChI=1S/C38H39F2N5O4/c1-21-17-31-35(42-22(2)44(31)3)38-33(21)27-8-5-7-26-28(20-45(36(26)27)15-16-49-38)37(47)23-18-29(39)34(30(40)19-23)43-32(46)9-6-14-41-24-10-12-25(48-4)13-11-24/h5-9,17-20,24-25,41H,10-16H2,1-4H3,(H,43,46)/b9-6+. The highest BCUT2D eigenvalue weighted by Crippen LogP contribution is 2.44. The van der Waals surface area contributed by atoms with Gasteiger partial charge in [-0.25, -0.2) is 13.8 Å². The Kier molecular flexibility index (Phi) is 8.81. The van der Waals surface area contributed by atoms with Gasteiger partial charge in [0.1, 0.15) is 35.3 Å². The molecule has 0 spiro atoms. The Bertz CT molecular complexity index is 2120. The lowest BCUT2D eigenvalue weighted by Gasteiger charge is -2.27. The molecule has 1 aliphatic carbocycles. The van der Waals surface area contributed by atoms with Gasteiger partial charge >= 0.3 is 0 Å². The van der Waals surface area contributed by atoms with Crippen LogP contribution in [0, 0.1) is 25.5 Å². The van der Waals surface area contributed by atoms with Gasteiger partial charge in [0.05, 0.1) is 23.7 Å². The van der Waals surface area contributed by atoms with Crippen molar-refractivity contribution in [3.8, 4) is 16.9 Å². The highest BCUT2D eigenvalue weighted by molar-refractivity contribution is 6.18. The number of carbonyl (C=O) groups is 2. The first kappa shape index (κ1) is 32.7. The van der Waals surface area contributed by atoms with Gasteiger partial charge in [-0.15, -0.1) is 0 Å². The van der Waals surface area contributed by atoms with E-state index in [1.54, 1.807) is 19.4 Å². The van der Waals surface area contributed by atoms with E-state index in [0.717, 1.165) is 76.9 Å². The van der Waals surface area contributed by atoms with E-state index in [9.17, 15) is 9.59 Å². The molecule has 0 bridgehead atoms. The van der Waals surface area contributed by atoms with Gasteiger partial charge in [0.2, 0.25) is 5.91 Å². The summed E-state index contributed by atoms with van der Waals surface area (Å²) in [6.45, 7) is 5.22. The second-order valence-electron chi connectivity index (χ2n) is 12.9. The zero-order chi connectivity index (χ0) is 34.4. The van der Waals surface area contributed by atoms with Crippen molar-refractivity contribution >= 4 is 39.3 Å². The van der Waals surface area contributed by atoms with Crippen molar-refractivity contribution in [1.82, 2.24) is 19.4 Å². The molecule has 3 heterocycles. The summed E-state index contributed by atoms with van der Waals surface area (Å²) in [5.41, 5.74) is 4.91. The Labute approximate surface area is 282 Å².